The number of ether oxygens (including phenoxy) is 1. The average molecular weight is 498 g/mol. The molecule has 0 aliphatic heterocycles. The quantitative estimate of drug-likeness (QED) is 0.471. The predicted molar refractivity (Wildman–Crippen MR) is 109 cm³/mol. The molecule has 2 atom stereocenters. The number of rotatable bonds is 8. The second-order valence-corrected chi connectivity index (χ2v) is 9.52. The molecule has 3 aromatic rings. The number of halogens is 6. The largest absolute Gasteiger partial charge is 0.484 e. The number of hydrogen-bond acceptors (Lipinski definition) is 5. The predicted octanol–water partition coefficient (Wildman–Crippen LogP) is 4.24. The molecule has 3 aliphatic rings. The van der Waals surface area contributed by atoms with Crippen molar-refractivity contribution in [2.75, 3.05) is 6.61 Å². The minimum absolute atomic E-state index is 0.0679. The van der Waals surface area contributed by atoms with Crippen LogP contribution >= 0.6 is 0 Å². The molecule has 3 fully saturated rings. The molecule has 186 valence electrons. The highest BCUT2D eigenvalue weighted by Gasteiger charge is 2.74. The standard InChI is InChI=1S/C23H20F6N4O2/c24-15-3-6-17(18(25)7-15)22(34,11-33-13-30-31-32-33)19(26)21-8-20(9-21,10-21)14-1-4-16(5-2-14)35-12-23(27,28)29/h1-7,13,19,34H,8-12H2/t19?,20?,21?,22-/m0/s1. The summed E-state index contributed by atoms with van der Waals surface area (Å²) in [7, 11) is 0. The fraction of sp³-hybridized carbons (Fsp3) is 0.435. The first-order valence-corrected chi connectivity index (χ1v) is 10.8. The normalized spacial score (nSPS) is 25.8. The summed E-state index contributed by atoms with van der Waals surface area (Å²) in [6.07, 6.45) is -4.15. The first-order chi connectivity index (χ1) is 16.4. The van der Waals surface area contributed by atoms with E-state index in [0.29, 0.717) is 25.3 Å². The highest BCUT2D eigenvalue weighted by Crippen LogP contribution is 2.77. The van der Waals surface area contributed by atoms with Gasteiger partial charge in [0.05, 0.1) is 6.54 Å². The van der Waals surface area contributed by atoms with Crippen LogP contribution in [0.15, 0.2) is 48.8 Å². The Balaban J connectivity index is 1.35. The summed E-state index contributed by atoms with van der Waals surface area (Å²) in [6, 6.07) is 8.71. The first kappa shape index (κ1) is 23.6. The molecule has 2 aromatic carbocycles. The molecular formula is C23H20F6N4O2. The molecule has 1 unspecified atom stereocenters. The molecule has 0 radical (unpaired) electrons. The maximum Gasteiger partial charge on any atom is 0.422 e. The number of aliphatic hydroxyl groups is 1. The lowest BCUT2D eigenvalue weighted by molar-refractivity contribution is -0.240. The first-order valence-electron chi connectivity index (χ1n) is 10.8. The van der Waals surface area contributed by atoms with E-state index in [1.165, 1.54) is 12.1 Å². The van der Waals surface area contributed by atoms with E-state index in [4.69, 9.17) is 4.74 Å². The molecule has 0 spiro atoms. The van der Waals surface area contributed by atoms with Gasteiger partial charge in [-0.25, -0.2) is 17.9 Å². The number of tetrazole rings is 1. The molecule has 2 bridgehead atoms. The van der Waals surface area contributed by atoms with Crippen LogP contribution < -0.4 is 4.74 Å². The fourth-order valence-corrected chi connectivity index (χ4v) is 5.66. The van der Waals surface area contributed by atoms with Crippen molar-refractivity contribution in [3.8, 4) is 5.75 Å². The van der Waals surface area contributed by atoms with Crippen LogP contribution in [0, 0.1) is 17.0 Å². The van der Waals surface area contributed by atoms with Crippen molar-refractivity contribution in [3.05, 3.63) is 71.6 Å². The summed E-state index contributed by atoms with van der Waals surface area (Å²) in [5, 5.41) is 22.0. The summed E-state index contributed by atoms with van der Waals surface area (Å²) in [5.74, 6) is -1.88. The molecule has 35 heavy (non-hydrogen) atoms. The average Bonchev–Trinajstić information content (AvgIpc) is 3.23. The molecule has 6 rings (SSSR count). The van der Waals surface area contributed by atoms with E-state index in [1.807, 2.05) is 0 Å². The number of aromatic nitrogens is 4. The summed E-state index contributed by atoms with van der Waals surface area (Å²) in [5.41, 5.74) is -3.27. The van der Waals surface area contributed by atoms with Gasteiger partial charge in [-0.1, -0.05) is 18.2 Å². The van der Waals surface area contributed by atoms with E-state index < -0.39 is 53.7 Å². The Morgan fingerprint density at radius 3 is 2.31 bits per heavy atom. The molecule has 1 aromatic heterocycles. The van der Waals surface area contributed by atoms with Gasteiger partial charge in [-0.2, -0.15) is 13.2 Å². The van der Waals surface area contributed by atoms with Gasteiger partial charge in [-0.3, -0.25) is 0 Å². The number of nitrogens with zero attached hydrogens (tertiary/aromatic N) is 4. The maximum absolute atomic E-state index is 16.1. The van der Waals surface area contributed by atoms with Gasteiger partial charge in [0.1, 0.15) is 35.5 Å². The van der Waals surface area contributed by atoms with E-state index in [9.17, 15) is 27.1 Å². The van der Waals surface area contributed by atoms with E-state index >= 15 is 4.39 Å². The second-order valence-electron chi connectivity index (χ2n) is 9.52. The Kier molecular flexibility index (Phi) is 5.35. The van der Waals surface area contributed by atoms with Crippen LogP contribution in [0.2, 0.25) is 0 Å². The van der Waals surface area contributed by atoms with Crippen LogP contribution in [0.1, 0.15) is 30.4 Å². The molecule has 6 nitrogen and oxygen atoms in total. The summed E-state index contributed by atoms with van der Waals surface area (Å²) >= 11 is 0. The van der Waals surface area contributed by atoms with Gasteiger partial charge in [0, 0.05) is 17.0 Å². The van der Waals surface area contributed by atoms with Crippen LogP contribution in [0.3, 0.4) is 0 Å². The molecular weight excluding hydrogens is 478 g/mol. The molecule has 0 saturated heterocycles. The van der Waals surface area contributed by atoms with Crippen molar-refractivity contribution in [3.63, 3.8) is 0 Å². The van der Waals surface area contributed by atoms with Crippen LogP contribution in [0.5, 0.6) is 5.75 Å². The lowest BCUT2D eigenvalue weighted by Gasteiger charge is -2.73. The van der Waals surface area contributed by atoms with E-state index in [2.05, 4.69) is 15.5 Å². The van der Waals surface area contributed by atoms with Crippen molar-refractivity contribution in [2.45, 2.75) is 49.2 Å². The molecule has 3 aliphatic carbocycles. The van der Waals surface area contributed by atoms with Crippen molar-refractivity contribution >= 4 is 0 Å². The van der Waals surface area contributed by atoms with Gasteiger partial charge < -0.3 is 9.84 Å². The Labute approximate surface area is 195 Å². The highest BCUT2D eigenvalue weighted by molar-refractivity contribution is 5.43. The molecule has 1 heterocycles. The molecule has 0 amide bonds. The van der Waals surface area contributed by atoms with Gasteiger partial charge in [-0.15, -0.1) is 5.10 Å². The van der Waals surface area contributed by atoms with Gasteiger partial charge in [0.25, 0.3) is 0 Å². The van der Waals surface area contributed by atoms with Gasteiger partial charge in [-0.05, 0) is 58.9 Å². The van der Waals surface area contributed by atoms with Crippen LogP contribution in [0.25, 0.3) is 0 Å². The molecule has 1 N–H and O–H groups in total. The Hall–Kier alpha value is -3.15. The third kappa shape index (κ3) is 4.03. The summed E-state index contributed by atoms with van der Waals surface area (Å²) < 4.78 is 87.1. The Morgan fingerprint density at radius 2 is 1.74 bits per heavy atom. The lowest BCUT2D eigenvalue weighted by atomic mass is 9.31. The topological polar surface area (TPSA) is 73.1 Å². The smallest absolute Gasteiger partial charge is 0.422 e. The second kappa shape index (κ2) is 7.94. The van der Waals surface area contributed by atoms with E-state index in [1.54, 1.807) is 12.1 Å². The van der Waals surface area contributed by atoms with Crippen molar-refractivity contribution < 1.29 is 36.2 Å². The monoisotopic (exact) mass is 498 g/mol. The molecule has 3 saturated carbocycles. The van der Waals surface area contributed by atoms with Gasteiger partial charge >= 0.3 is 6.18 Å². The van der Waals surface area contributed by atoms with Gasteiger partial charge in [0.15, 0.2) is 6.61 Å². The van der Waals surface area contributed by atoms with Gasteiger partial charge in [0.2, 0.25) is 0 Å². The Morgan fingerprint density at radius 1 is 1.06 bits per heavy atom. The van der Waals surface area contributed by atoms with Crippen molar-refractivity contribution in [1.29, 1.82) is 0 Å². The maximum atomic E-state index is 16.1. The fourth-order valence-electron chi connectivity index (χ4n) is 5.66. The minimum atomic E-state index is -4.45. The third-order valence-corrected chi connectivity index (χ3v) is 7.09. The number of benzene rings is 2. The van der Waals surface area contributed by atoms with Crippen LogP contribution in [0.4, 0.5) is 26.3 Å². The zero-order valence-electron chi connectivity index (χ0n) is 18.1. The zero-order chi connectivity index (χ0) is 25.1. The number of hydrogen-bond donors (Lipinski definition) is 1. The summed E-state index contributed by atoms with van der Waals surface area (Å²) in [4.78, 5) is 0. The number of alkyl halides is 4. The third-order valence-electron chi connectivity index (χ3n) is 7.09. The Bertz CT molecular complexity index is 1200. The van der Waals surface area contributed by atoms with Crippen molar-refractivity contribution in [1.82, 2.24) is 20.2 Å². The summed E-state index contributed by atoms with van der Waals surface area (Å²) in [6.45, 7) is -1.88. The van der Waals surface area contributed by atoms with Crippen LogP contribution in [-0.2, 0) is 17.6 Å². The van der Waals surface area contributed by atoms with E-state index in [0.717, 1.165) is 28.7 Å². The molecule has 12 heteroatoms. The van der Waals surface area contributed by atoms with E-state index in [-0.39, 0.29) is 11.2 Å². The highest BCUT2D eigenvalue weighted by atomic mass is 19.4. The minimum Gasteiger partial charge on any atom is -0.484 e. The lowest BCUT2D eigenvalue weighted by Crippen LogP contribution is -2.71. The SMILES string of the molecule is O[C@@](Cn1cnnn1)(c1ccc(F)cc1F)C(F)C12CC(c3ccc(OCC(F)(F)F)cc3)(C1)C2. The zero-order valence-corrected chi connectivity index (χ0v) is 18.1. The van der Waals surface area contributed by atoms with Crippen molar-refractivity contribution in [2.24, 2.45) is 5.41 Å². The van der Waals surface area contributed by atoms with Crippen LogP contribution in [-0.4, -0.2) is 44.3 Å².